The number of aromatic nitrogens is 6. The first-order chi connectivity index (χ1) is 9.38. The Labute approximate surface area is 111 Å². The van der Waals surface area contributed by atoms with E-state index >= 15 is 0 Å². The Balaban J connectivity index is 2.26. The van der Waals surface area contributed by atoms with Crippen LogP contribution >= 0.6 is 0 Å². The summed E-state index contributed by atoms with van der Waals surface area (Å²) in [6.45, 7) is 3.91. The number of H-pyrrole nitrogens is 3. The van der Waals surface area contributed by atoms with Crippen LogP contribution in [0.25, 0.3) is 0 Å². The van der Waals surface area contributed by atoms with E-state index in [9.17, 15) is 0 Å². The molecule has 0 aliphatic heterocycles. The smallest absolute Gasteiger partial charge is 0.216 e. The monoisotopic (exact) mass is 270 g/mol. The first kappa shape index (κ1) is 11.7. The number of nitrogens with one attached hydrogen (secondary N) is 3. The lowest BCUT2D eigenvalue weighted by Gasteiger charge is -2.26. The first-order valence-electron chi connectivity index (χ1n) is 5.98. The Bertz CT molecular complexity index is 542. The molecule has 0 fully saturated rings. The second kappa shape index (κ2) is 4.69. The highest BCUT2D eigenvalue weighted by Crippen LogP contribution is 2.09. The van der Waals surface area contributed by atoms with Crippen LogP contribution in [-0.2, 0) is 0 Å². The molecule has 0 saturated heterocycles. The van der Waals surface area contributed by atoms with Crippen molar-refractivity contribution in [1.82, 2.24) is 30.6 Å². The van der Waals surface area contributed by atoms with Gasteiger partial charge in [-0.1, -0.05) is 6.08 Å². The summed E-state index contributed by atoms with van der Waals surface area (Å²) in [6.07, 6.45) is 7.25. The van der Waals surface area contributed by atoms with E-state index in [2.05, 4.69) is 37.2 Å². The largest absolute Gasteiger partial charge is 0.286 e. The van der Waals surface area contributed by atoms with E-state index in [4.69, 9.17) is 0 Å². The van der Waals surface area contributed by atoms with E-state index < -0.39 is 8.07 Å². The van der Waals surface area contributed by atoms with Crippen molar-refractivity contribution >= 4 is 24.0 Å². The summed E-state index contributed by atoms with van der Waals surface area (Å²) in [7, 11) is -2.24. The molecule has 3 N–H and O–H groups in total. The second-order valence-corrected chi connectivity index (χ2v) is 8.14. The molecule has 0 aliphatic rings. The minimum absolute atomic E-state index is 0.833. The molecule has 7 heteroatoms. The van der Waals surface area contributed by atoms with Gasteiger partial charge in [0.2, 0.25) is 8.07 Å². The van der Waals surface area contributed by atoms with E-state index in [0.29, 0.717) is 0 Å². The van der Waals surface area contributed by atoms with Crippen LogP contribution in [-0.4, -0.2) is 38.7 Å². The Morgan fingerprint density at radius 1 is 0.895 bits per heavy atom. The molecular weight excluding hydrogens is 256 g/mol. The summed E-state index contributed by atoms with van der Waals surface area (Å²) in [5, 5.41) is 24.9. The van der Waals surface area contributed by atoms with Crippen LogP contribution in [0, 0.1) is 0 Å². The summed E-state index contributed by atoms with van der Waals surface area (Å²) in [6, 6.07) is 6.87. The molecule has 19 heavy (non-hydrogen) atoms. The predicted molar refractivity (Wildman–Crippen MR) is 75.4 cm³/mol. The van der Waals surface area contributed by atoms with E-state index in [1.165, 1.54) is 0 Å². The number of aromatic amines is 3. The maximum Gasteiger partial charge on any atom is 0.216 e. The zero-order chi connectivity index (χ0) is 13.1. The summed E-state index contributed by atoms with van der Waals surface area (Å²) in [5.74, 6) is 0. The zero-order valence-corrected chi connectivity index (χ0v) is 11.3. The molecule has 6 nitrogen and oxygen atoms in total. The van der Waals surface area contributed by atoms with Crippen LogP contribution in [0.2, 0.25) is 6.04 Å². The van der Waals surface area contributed by atoms with Gasteiger partial charge >= 0.3 is 0 Å². The minimum atomic E-state index is -2.24. The highest BCUT2D eigenvalue weighted by Gasteiger charge is 2.42. The molecule has 3 aromatic rings. The molecule has 3 heterocycles. The first-order valence-corrected chi connectivity index (χ1v) is 8.19. The van der Waals surface area contributed by atoms with Gasteiger partial charge in [0, 0.05) is 34.5 Å². The standard InChI is InChI=1S/C12H14N6Si/c1-2-9-19(10-3-6-13-16-10,11-4-7-14-17-11)12-5-8-15-18-12/h2-8H,1,9H2,(H,13,16)(H,14,17)(H,15,18). The van der Waals surface area contributed by atoms with Gasteiger partial charge in [0.15, 0.2) is 0 Å². The molecule has 0 bridgehead atoms. The number of rotatable bonds is 5. The number of allylic oxidation sites excluding steroid dienone is 1. The van der Waals surface area contributed by atoms with Crippen molar-refractivity contribution in [3.8, 4) is 0 Å². The van der Waals surface area contributed by atoms with Gasteiger partial charge in [0.05, 0.1) is 0 Å². The van der Waals surface area contributed by atoms with Crippen molar-refractivity contribution in [2.75, 3.05) is 0 Å². The lowest BCUT2D eigenvalue weighted by molar-refractivity contribution is 1.09. The van der Waals surface area contributed by atoms with Crippen molar-refractivity contribution in [2.24, 2.45) is 0 Å². The van der Waals surface area contributed by atoms with Crippen LogP contribution in [0.3, 0.4) is 0 Å². The van der Waals surface area contributed by atoms with Gasteiger partial charge < -0.3 is 0 Å². The lowest BCUT2D eigenvalue weighted by atomic mass is 10.7. The third-order valence-electron chi connectivity index (χ3n) is 3.33. The normalized spacial score (nSPS) is 11.6. The SMILES string of the molecule is C=CC[Si](c1ccn[nH]1)(c1ccn[nH]1)c1ccn[nH]1. The van der Waals surface area contributed by atoms with Crippen molar-refractivity contribution in [1.29, 1.82) is 0 Å². The van der Waals surface area contributed by atoms with Gasteiger partial charge in [-0.3, -0.25) is 15.3 Å². The highest BCUT2D eigenvalue weighted by molar-refractivity contribution is 7.10. The zero-order valence-electron chi connectivity index (χ0n) is 10.3. The van der Waals surface area contributed by atoms with Crippen LogP contribution in [0.1, 0.15) is 0 Å². The summed E-state index contributed by atoms with van der Waals surface area (Å²) < 4.78 is 0. The Kier molecular flexibility index (Phi) is 2.88. The van der Waals surface area contributed by atoms with Crippen molar-refractivity contribution in [3.05, 3.63) is 49.4 Å². The molecule has 0 atom stereocenters. The quantitative estimate of drug-likeness (QED) is 0.432. The topological polar surface area (TPSA) is 86.0 Å². The Hall–Kier alpha value is -2.41. The van der Waals surface area contributed by atoms with Crippen LogP contribution in [0.4, 0.5) is 0 Å². The van der Waals surface area contributed by atoms with Crippen LogP contribution in [0.5, 0.6) is 0 Å². The van der Waals surface area contributed by atoms with Crippen LogP contribution < -0.4 is 16.0 Å². The summed E-state index contributed by atoms with van der Waals surface area (Å²) in [4.78, 5) is 0. The molecular formula is C12H14N6Si. The van der Waals surface area contributed by atoms with Gasteiger partial charge in [-0.15, -0.1) is 6.58 Å². The molecule has 0 aliphatic carbocycles. The number of nitrogens with zero attached hydrogens (tertiary/aromatic N) is 3. The van der Waals surface area contributed by atoms with Crippen molar-refractivity contribution in [3.63, 3.8) is 0 Å². The molecule has 3 aromatic heterocycles. The number of hydrogen-bond acceptors (Lipinski definition) is 3. The van der Waals surface area contributed by atoms with Crippen LogP contribution in [0.15, 0.2) is 49.4 Å². The van der Waals surface area contributed by atoms with Crippen molar-refractivity contribution in [2.45, 2.75) is 6.04 Å². The molecule has 0 saturated carbocycles. The fourth-order valence-corrected chi connectivity index (χ4v) is 6.27. The molecule has 0 spiro atoms. The lowest BCUT2D eigenvalue weighted by Crippen LogP contribution is -2.68. The van der Waals surface area contributed by atoms with Gasteiger partial charge in [-0.05, 0) is 24.2 Å². The predicted octanol–water partition coefficient (Wildman–Crippen LogP) is -0.488. The fraction of sp³-hybridized carbons (Fsp3) is 0.0833. The van der Waals surface area contributed by atoms with E-state index in [1.54, 1.807) is 18.6 Å². The molecule has 0 aromatic carbocycles. The maximum absolute atomic E-state index is 4.10. The third kappa shape index (κ3) is 1.75. The summed E-state index contributed by atoms with van der Waals surface area (Å²) >= 11 is 0. The van der Waals surface area contributed by atoms with E-state index in [1.807, 2.05) is 24.3 Å². The maximum atomic E-state index is 4.10. The Morgan fingerprint density at radius 2 is 1.32 bits per heavy atom. The molecule has 96 valence electrons. The third-order valence-corrected chi connectivity index (χ3v) is 7.83. The second-order valence-electron chi connectivity index (χ2n) is 4.31. The average Bonchev–Trinajstić information content (AvgIpc) is 3.18. The van der Waals surface area contributed by atoms with Gasteiger partial charge in [0.1, 0.15) is 0 Å². The van der Waals surface area contributed by atoms with Gasteiger partial charge in [0.25, 0.3) is 0 Å². The minimum Gasteiger partial charge on any atom is -0.286 e. The average molecular weight is 270 g/mol. The van der Waals surface area contributed by atoms with E-state index in [0.717, 1.165) is 22.0 Å². The Morgan fingerprint density at radius 3 is 1.58 bits per heavy atom. The fourth-order valence-electron chi connectivity index (χ4n) is 2.46. The summed E-state index contributed by atoms with van der Waals surface area (Å²) in [5.41, 5.74) is 0. The molecule has 3 rings (SSSR count). The highest BCUT2D eigenvalue weighted by atomic mass is 28.3. The molecule has 0 unspecified atom stereocenters. The molecule has 0 radical (unpaired) electrons. The van der Waals surface area contributed by atoms with Gasteiger partial charge in [-0.25, -0.2) is 0 Å². The van der Waals surface area contributed by atoms with E-state index in [-0.39, 0.29) is 0 Å². The number of hydrogen-bond donors (Lipinski definition) is 3. The molecule has 0 amide bonds. The van der Waals surface area contributed by atoms with Gasteiger partial charge in [-0.2, -0.15) is 15.3 Å². The van der Waals surface area contributed by atoms with Crippen molar-refractivity contribution < 1.29 is 0 Å².